The lowest BCUT2D eigenvalue weighted by Gasteiger charge is -2.08. The predicted octanol–water partition coefficient (Wildman–Crippen LogP) is 1.72. The fourth-order valence-electron chi connectivity index (χ4n) is 1.60. The van der Waals surface area contributed by atoms with E-state index in [0.717, 1.165) is 18.8 Å². The van der Waals surface area contributed by atoms with Gasteiger partial charge in [0.15, 0.2) is 0 Å². The molecule has 5 nitrogen and oxygen atoms in total. The van der Waals surface area contributed by atoms with Crippen LogP contribution in [-0.2, 0) is 6.42 Å². The molecular weight excluding hydrogens is 228 g/mol. The summed E-state index contributed by atoms with van der Waals surface area (Å²) in [4.78, 5) is 8.23. The summed E-state index contributed by atoms with van der Waals surface area (Å²) in [6.45, 7) is 0.796. The number of nitrogens with zero attached hydrogens (tertiary/aromatic N) is 2. The fraction of sp³-hybridized carbons (Fsp3) is 0.231. The Labute approximate surface area is 106 Å². The summed E-state index contributed by atoms with van der Waals surface area (Å²) in [5, 5.41) is 3.23. The van der Waals surface area contributed by atoms with Crippen molar-refractivity contribution in [2.24, 2.45) is 0 Å². The molecule has 0 unspecified atom stereocenters. The maximum atomic E-state index is 5.70. The minimum atomic E-state index is 0.448. The standard InChI is InChI=1S/C13H16N4O/c1-18-13-11(14)2-3-12(17-13)16-9-6-10-4-7-15-8-5-10/h2-5,7-8H,6,9,14H2,1H3,(H,16,17). The van der Waals surface area contributed by atoms with E-state index in [-0.39, 0.29) is 0 Å². The van der Waals surface area contributed by atoms with Crippen LogP contribution in [0.4, 0.5) is 11.5 Å². The van der Waals surface area contributed by atoms with Crippen molar-refractivity contribution in [2.45, 2.75) is 6.42 Å². The normalized spacial score (nSPS) is 10.1. The molecule has 0 aliphatic heterocycles. The highest BCUT2D eigenvalue weighted by atomic mass is 16.5. The van der Waals surface area contributed by atoms with Gasteiger partial charge in [0.1, 0.15) is 5.82 Å². The van der Waals surface area contributed by atoms with E-state index in [9.17, 15) is 0 Å². The molecule has 0 bridgehead atoms. The first-order valence-electron chi connectivity index (χ1n) is 5.73. The molecule has 0 aliphatic rings. The summed E-state index contributed by atoms with van der Waals surface area (Å²) < 4.78 is 5.07. The number of pyridine rings is 2. The van der Waals surface area contributed by atoms with Crippen LogP contribution in [0.5, 0.6) is 5.88 Å². The molecule has 18 heavy (non-hydrogen) atoms. The second-order valence-corrected chi connectivity index (χ2v) is 3.83. The van der Waals surface area contributed by atoms with Crippen LogP contribution >= 0.6 is 0 Å². The molecule has 2 rings (SSSR count). The zero-order valence-electron chi connectivity index (χ0n) is 10.3. The molecule has 0 spiro atoms. The number of nitrogens with one attached hydrogen (secondary N) is 1. The molecule has 0 saturated heterocycles. The van der Waals surface area contributed by atoms with E-state index in [2.05, 4.69) is 15.3 Å². The fourth-order valence-corrected chi connectivity index (χ4v) is 1.60. The van der Waals surface area contributed by atoms with Gasteiger partial charge in [-0.3, -0.25) is 4.98 Å². The van der Waals surface area contributed by atoms with Crippen molar-refractivity contribution >= 4 is 11.5 Å². The minimum absolute atomic E-state index is 0.448. The van der Waals surface area contributed by atoms with E-state index in [1.54, 1.807) is 25.6 Å². The summed E-state index contributed by atoms with van der Waals surface area (Å²) in [5.74, 6) is 1.21. The Morgan fingerprint density at radius 3 is 2.72 bits per heavy atom. The van der Waals surface area contributed by atoms with Gasteiger partial charge in [0.25, 0.3) is 0 Å². The number of nitrogen functional groups attached to an aromatic ring is 1. The lowest BCUT2D eigenvalue weighted by molar-refractivity contribution is 0.401. The average Bonchev–Trinajstić information content (AvgIpc) is 2.42. The molecule has 0 aliphatic carbocycles. The molecule has 0 saturated carbocycles. The van der Waals surface area contributed by atoms with Gasteiger partial charge in [-0.25, -0.2) is 0 Å². The van der Waals surface area contributed by atoms with E-state index in [4.69, 9.17) is 10.5 Å². The van der Waals surface area contributed by atoms with Gasteiger partial charge in [0.05, 0.1) is 12.8 Å². The monoisotopic (exact) mass is 244 g/mol. The lowest BCUT2D eigenvalue weighted by Crippen LogP contribution is -2.07. The molecule has 2 heterocycles. The van der Waals surface area contributed by atoms with Crippen molar-refractivity contribution in [1.29, 1.82) is 0 Å². The molecule has 94 valence electrons. The third-order valence-electron chi connectivity index (χ3n) is 2.55. The van der Waals surface area contributed by atoms with E-state index in [0.29, 0.717) is 11.6 Å². The SMILES string of the molecule is COc1nc(NCCc2ccncc2)ccc1N. The smallest absolute Gasteiger partial charge is 0.238 e. The number of nitrogens with two attached hydrogens (primary N) is 1. The quantitative estimate of drug-likeness (QED) is 0.837. The van der Waals surface area contributed by atoms with Gasteiger partial charge in [-0.15, -0.1) is 0 Å². The highest BCUT2D eigenvalue weighted by Gasteiger charge is 2.02. The van der Waals surface area contributed by atoms with Crippen LogP contribution in [-0.4, -0.2) is 23.6 Å². The van der Waals surface area contributed by atoms with Crippen LogP contribution in [0.25, 0.3) is 0 Å². The number of ether oxygens (including phenoxy) is 1. The molecular formula is C13H16N4O. The summed E-state index contributed by atoms with van der Waals surface area (Å²) >= 11 is 0. The molecule has 3 N–H and O–H groups in total. The van der Waals surface area contributed by atoms with Gasteiger partial charge in [-0.2, -0.15) is 4.98 Å². The van der Waals surface area contributed by atoms with Crippen LogP contribution < -0.4 is 15.8 Å². The summed E-state index contributed by atoms with van der Waals surface area (Å²) in [5.41, 5.74) is 7.47. The number of hydrogen-bond acceptors (Lipinski definition) is 5. The van der Waals surface area contributed by atoms with E-state index >= 15 is 0 Å². The maximum Gasteiger partial charge on any atom is 0.238 e. The van der Waals surface area contributed by atoms with Crippen LogP contribution in [0.1, 0.15) is 5.56 Å². The lowest BCUT2D eigenvalue weighted by atomic mass is 10.2. The second kappa shape index (κ2) is 5.86. The number of aromatic nitrogens is 2. The molecule has 0 fully saturated rings. The molecule has 0 amide bonds. The summed E-state index contributed by atoms with van der Waals surface area (Å²) in [6.07, 6.45) is 4.50. The largest absolute Gasteiger partial charge is 0.479 e. The van der Waals surface area contributed by atoms with Gasteiger partial charge in [0, 0.05) is 18.9 Å². The summed E-state index contributed by atoms with van der Waals surface area (Å²) in [6, 6.07) is 7.61. The highest BCUT2D eigenvalue weighted by Crippen LogP contribution is 2.19. The zero-order chi connectivity index (χ0) is 12.8. The number of hydrogen-bond donors (Lipinski definition) is 2. The molecule has 0 atom stereocenters. The molecule has 2 aromatic heterocycles. The summed E-state index contributed by atoms with van der Waals surface area (Å²) in [7, 11) is 1.56. The van der Waals surface area contributed by atoms with Crippen molar-refractivity contribution in [3.05, 3.63) is 42.2 Å². The van der Waals surface area contributed by atoms with Crippen LogP contribution in [0.2, 0.25) is 0 Å². The van der Waals surface area contributed by atoms with Crippen LogP contribution in [0, 0.1) is 0 Å². The Balaban J connectivity index is 1.91. The van der Waals surface area contributed by atoms with Gasteiger partial charge in [-0.1, -0.05) is 0 Å². The van der Waals surface area contributed by atoms with Crippen LogP contribution in [0.3, 0.4) is 0 Å². The molecule has 2 aromatic rings. The van der Waals surface area contributed by atoms with Gasteiger partial charge in [0.2, 0.25) is 5.88 Å². The molecule has 5 heteroatoms. The number of methoxy groups -OCH3 is 1. The Hall–Kier alpha value is -2.30. The molecule has 0 aromatic carbocycles. The van der Waals surface area contributed by atoms with Crippen molar-refractivity contribution in [1.82, 2.24) is 9.97 Å². The van der Waals surface area contributed by atoms with Crippen LogP contribution in [0.15, 0.2) is 36.7 Å². The van der Waals surface area contributed by atoms with Gasteiger partial charge >= 0.3 is 0 Å². The van der Waals surface area contributed by atoms with Crippen molar-refractivity contribution < 1.29 is 4.74 Å². The van der Waals surface area contributed by atoms with Crippen molar-refractivity contribution in [2.75, 3.05) is 24.7 Å². The average molecular weight is 244 g/mol. The Kier molecular flexibility index (Phi) is 3.96. The topological polar surface area (TPSA) is 73.1 Å². The first kappa shape index (κ1) is 12.2. The predicted molar refractivity (Wildman–Crippen MR) is 71.6 cm³/mol. The number of anilines is 2. The number of rotatable bonds is 5. The Bertz CT molecular complexity index is 502. The highest BCUT2D eigenvalue weighted by molar-refractivity contribution is 5.53. The second-order valence-electron chi connectivity index (χ2n) is 3.83. The first-order chi connectivity index (χ1) is 8.79. The van der Waals surface area contributed by atoms with Gasteiger partial charge in [-0.05, 0) is 36.2 Å². The third kappa shape index (κ3) is 3.10. The third-order valence-corrected chi connectivity index (χ3v) is 2.55. The first-order valence-corrected chi connectivity index (χ1v) is 5.73. The maximum absolute atomic E-state index is 5.70. The van der Waals surface area contributed by atoms with E-state index < -0.39 is 0 Å². The molecule has 0 radical (unpaired) electrons. The zero-order valence-corrected chi connectivity index (χ0v) is 10.3. The van der Waals surface area contributed by atoms with E-state index in [1.807, 2.05) is 18.2 Å². The Morgan fingerprint density at radius 1 is 1.22 bits per heavy atom. The Morgan fingerprint density at radius 2 is 2.00 bits per heavy atom. The van der Waals surface area contributed by atoms with E-state index in [1.165, 1.54) is 5.56 Å². The van der Waals surface area contributed by atoms with Crippen molar-refractivity contribution in [3.63, 3.8) is 0 Å². The minimum Gasteiger partial charge on any atom is -0.479 e. The van der Waals surface area contributed by atoms with Crippen molar-refractivity contribution in [3.8, 4) is 5.88 Å². The van der Waals surface area contributed by atoms with Gasteiger partial charge < -0.3 is 15.8 Å².